The lowest BCUT2D eigenvalue weighted by molar-refractivity contribution is 0.639. The molecule has 0 radical (unpaired) electrons. The lowest BCUT2D eigenvalue weighted by atomic mass is 10.2. The fraction of sp³-hybridized carbons (Fsp3) is 0. The highest BCUT2D eigenvalue weighted by molar-refractivity contribution is 5.91. The largest absolute Gasteiger partial charge is 0.331 e. The molecule has 2 aromatic heterocycles. The first-order chi connectivity index (χ1) is 7.27. The van der Waals surface area contributed by atoms with Crippen molar-refractivity contribution in [3.63, 3.8) is 0 Å². The van der Waals surface area contributed by atoms with Crippen LogP contribution >= 0.6 is 0 Å². The molecule has 0 amide bonds. The third-order valence-corrected chi connectivity index (χ3v) is 2.34. The van der Waals surface area contributed by atoms with Gasteiger partial charge in [0.1, 0.15) is 5.82 Å². The van der Waals surface area contributed by atoms with Crippen LogP contribution in [0.4, 0.5) is 4.39 Å². The number of hydrogen-bond acceptors (Lipinski definition) is 2. The predicted molar refractivity (Wildman–Crippen MR) is 53.3 cm³/mol. The number of aromatic nitrogens is 3. The van der Waals surface area contributed by atoms with Crippen molar-refractivity contribution >= 4 is 16.6 Å². The second kappa shape index (κ2) is 2.66. The molecule has 5 heteroatoms. The van der Waals surface area contributed by atoms with E-state index in [2.05, 4.69) is 9.97 Å². The van der Waals surface area contributed by atoms with E-state index in [1.54, 1.807) is 12.1 Å². The molecule has 0 fully saturated rings. The maximum Gasteiger partial charge on any atom is 0.331 e. The van der Waals surface area contributed by atoms with Crippen LogP contribution in [-0.4, -0.2) is 14.4 Å². The maximum atomic E-state index is 13.6. The van der Waals surface area contributed by atoms with Crippen molar-refractivity contribution in [1.29, 1.82) is 0 Å². The van der Waals surface area contributed by atoms with E-state index in [1.807, 2.05) is 0 Å². The Morgan fingerprint density at radius 2 is 2.27 bits per heavy atom. The van der Waals surface area contributed by atoms with E-state index in [1.165, 1.54) is 22.9 Å². The summed E-state index contributed by atoms with van der Waals surface area (Å²) in [5, 5.41) is 0.335. The van der Waals surface area contributed by atoms with Gasteiger partial charge in [-0.2, -0.15) is 0 Å². The number of hydrogen-bond donors (Lipinski definition) is 1. The molecule has 0 saturated heterocycles. The number of halogens is 1. The molecule has 0 aliphatic carbocycles. The van der Waals surface area contributed by atoms with Crippen LogP contribution in [0.2, 0.25) is 0 Å². The van der Waals surface area contributed by atoms with Crippen molar-refractivity contribution in [2.75, 3.05) is 0 Å². The third kappa shape index (κ3) is 0.999. The van der Waals surface area contributed by atoms with Crippen molar-refractivity contribution < 1.29 is 4.39 Å². The van der Waals surface area contributed by atoms with Crippen molar-refractivity contribution in [3.8, 4) is 0 Å². The molecular formula is C10H6FN3O. The molecular weight excluding hydrogens is 197 g/mol. The van der Waals surface area contributed by atoms with Gasteiger partial charge in [0.25, 0.3) is 0 Å². The van der Waals surface area contributed by atoms with Crippen molar-refractivity contribution in [2.24, 2.45) is 0 Å². The number of fused-ring (bicyclic) bond motifs is 3. The number of nitrogens with one attached hydrogen (secondary N) is 1. The lowest BCUT2D eigenvalue weighted by Crippen LogP contribution is -2.15. The van der Waals surface area contributed by atoms with Gasteiger partial charge < -0.3 is 4.98 Å². The average Bonchev–Trinajstić information content (AvgIpc) is 2.66. The molecule has 0 spiro atoms. The summed E-state index contributed by atoms with van der Waals surface area (Å²) in [6, 6.07) is 4.54. The zero-order valence-electron chi connectivity index (χ0n) is 7.57. The van der Waals surface area contributed by atoms with Crippen LogP contribution in [0.5, 0.6) is 0 Å². The Hall–Kier alpha value is -2.17. The van der Waals surface area contributed by atoms with Gasteiger partial charge in [0, 0.05) is 12.4 Å². The van der Waals surface area contributed by atoms with Crippen molar-refractivity contribution in [1.82, 2.24) is 14.4 Å². The standard InChI is InChI=1S/C10H6FN3O/c11-6-2-1-3-7-8(6)9-12-4-5-14(9)10(15)13-7/h1-5H,(H,13,15). The highest BCUT2D eigenvalue weighted by atomic mass is 19.1. The molecule has 0 aliphatic heterocycles. The zero-order chi connectivity index (χ0) is 10.4. The van der Waals surface area contributed by atoms with Gasteiger partial charge in [-0.3, -0.25) is 4.40 Å². The van der Waals surface area contributed by atoms with Crippen molar-refractivity contribution in [2.45, 2.75) is 0 Å². The highest BCUT2D eigenvalue weighted by Gasteiger charge is 2.08. The topological polar surface area (TPSA) is 50.2 Å². The molecule has 0 bridgehead atoms. The fourth-order valence-electron chi connectivity index (χ4n) is 1.68. The van der Waals surface area contributed by atoms with E-state index in [-0.39, 0.29) is 11.5 Å². The lowest BCUT2D eigenvalue weighted by Gasteiger charge is -2.00. The van der Waals surface area contributed by atoms with Gasteiger partial charge in [-0.15, -0.1) is 0 Å². The van der Waals surface area contributed by atoms with E-state index in [9.17, 15) is 9.18 Å². The van der Waals surface area contributed by atoms with Crippen molar-refractivity contribution in [3.05, 3.63) is 46.9 Å². The van der Waals surface area contributed by atoms with E-state index in [4.69, 9.17) is 0 Å². The first-order valence-electron chi connectivity index (χ1n) is 4.41. The number of H-pyrrole nitrogens is 1. The molecule has 15 heavy (non-hydrogen) atoms. The highest BCUT2D eigenvalue weighted by Crippen LogP contribution is 2.17. The number of imidazole rings is 1. The minimum Gasteiger partial charge on any atom is -0.306 e. The van der Waals surface area contributed by atoms with E-state index in [0.717, 1.165) is 0 Å². The molecule has 0 unspecified atom stereocenters. The molecule has 1 N–H and O–H groups in total. The van der Waals surface area contributed by atoms with Gasteiger partial charge in [0.05, 0.1) is 10.9 Å². The predicted octanol–water partition coefficient (Wildman–Crippen LogP) is 1.31. The Kier molecular flexibility index (Phi) is 1.45. The summed E-state index contributed by atoms with van der Waals surface area (Å²) in [5.41, 5.74) is 0.478. The summed E-state index contributed by atoms with van der Waals surface area (Å²) in [5.74, 6) is -0.389. The summed E-state index contributed by atoms with van der Waals surface area (Å²) in [7, 11) is 0. The van der Waals surface area contributed by atoms with Crippen LogP contribution < -0.4 is 5.69 Å². The number of nitrogens with zero attached hydrogens (tertiary/aromatic N) is 2. The van der Waals surface area contributed by atoms with Crippen LogP contribution in [0.15, 0.2) is 35.4 Å². The summed E-state index contributed by atoms with van der Waals surface area (Å²) >= 11 is 0. The number of aromatic amines is 1. The summed E-state index contributed by atoms with van der Waals surface area (Å²) in [6.07, 6.45) is 2.97. The first-order valence-corrected chi connectivity index (χ1v) is 4.41. The quantitative estimate of drug-likeness (QED) is 0.599. The second-order valence-electron chi connectivity index (χ2n) is 3.21. The van der Waals surface area contributed by atoms with Crippen LogP contribution in [0.25, 0.3) is 16.6 Å². The zero-order valence-corrected chi connectivity index (χ0v) is 7.57. The van der Waals surface area contributed by atoms with Gasteiger partial charge in [0.2, 0.25) is 0 Å². The van der Waals surface area contributed by atoms with Gasteiger partial charge in [0.15, 0.2) is 5.65 Å². The Balaban J connectivity index is 2.74. The van der Waals surface area contributed by atoms with Crippen LogP contribution in [-0.2, 0) is 0 Å². The Bertz CT molecular complexity index is 713. The Morgan fingerprint density at radius 1 is 1.40 bits per heavy atom. The minimum absolute atomic E-state index is 0.319. The molecule has 0 aliphatic rings. The molecule has 4 nitrogen and oxygen atoms in total. The van der Waals surface area contributed by atoms with Gasteiger partial charge in [-0.05, 0) is 12.1 Å². The molecule has 0 saturated carbocycles. The fourth-order valence-corrected chi connectivity index (χ4v) is 1.68. The van der Waals surface area contributed by atoms with Gasteiger partial charge in [-0.1, -0.05) is 6.07 Å². The summed E-state index contributed by atoms with van der Waals surface area (Å²) < 4.78 is 14.8. The average molecular weight is 203 g/mol. The van der Waals surface area contributed by atoms with Gasteiger partial charge >= 0.3 is 5.69 Å². The molecule has 1 aromatic carbocycles. The SMILES string of the molecule is O=c1[nH]c2cccc(F)c2c2nccn12. The molecule has 2 heterocycles. The van der Waals surface area contributed by atoms with E-state index in [0.29, 0.717) is 16.6 Å². The molecule has 3 rings (SSSR count). The number of rotatable bonds is 0. The van der Waals surface area contributed by atoms with Crippen LogP contribution in [0, 0.1) is 5.82 Å². The first kappa shape index (κ1) is 8.16. The minimum atomic E-state index is -0.389. The molecule has 3 aromatic rings. The maximum absolute atomic E-state index is 13.6. The summed E-state index contributed by atoms with van der Waals surface area (Å²) in [6.45, 7) is 0. The molecule has 0 atom stereocenters. The second-order valence-corrected chi connectivity index (χ2v) is 3.21. The van der Waals surface area contributed by atoms with Crippen LogP contribution in [0.1, 0.15) is 0 Å². The Labute approximate surface area is 83.0 Å². The monoisotopic (exact) mass is 203 g/mol. The normalized spacial score (nSPS) is 11.3. The third-order valence-electron chi connectivity index (χ3n) is 2.34. The summed E-state index contributed by atoms with van der Waals surface area (Å²) in [4.78, 5) is 18.1. The smallest absolute Gasteiger partial charge is 0.306 e. The number of benzene rings is 1. The van der Waals surface area contributed by atoms with Crippen LogP contribution in [0.3, 0.4) is 0 Å². The van der Waals surface area contributed by atoms with Gasteiger partial charge in [-0.25, -0.2) is 14.2 Å². The molecule has 74 valence electrons. The Morgan fingerprint density at radius 3 is 3.13 bits per heavy atom. The van der Waals surface area contributed by atoms with E-state index < -0.39 is 0 Å². The van der Waals surface area contributed by atoms with E-state index >= 15 is 0 Å².